The molecular weight excluding hydrogens is 351 g/mol. The maximum absolute atomic E-state index is 6.26. The summed E-state index contributed by atoms with van der Waals surface area (Å²) in [4.78, 5) is 0. The fourth-order valence-corrected chi connectivity index (χ4v) is 2.91. The monoisotopic (exact) mass is 362 g/mol. The van der Waals surface area contributed by atoms with Gasteiger partial charge in [-0.05, 0) is 34.5 Å². The molecule has 0 aliphatic heterocycles. The van der Waals surface area contributed by atoms with Gasteiger partial charge in [-0.3, -0.25) is 10.5 Å². The molecule has 0 saturated heterocycles. The molecule has 4 nitrogen and oxygen atoms in total. The van der Waals surface area contributed by atoms with E-state index >= 15 is 0 Å². The van der Waals surface area contributed by atoms with Gasteiger partial charge in [0.05, 0.1) is 32.5 Å². The van der Waals surface area contributed by atoms with Gasteiger partial charge in [0.1, 0.15) is 0 Å². The van der Waals surface area contributed by atoms with Crippen molar-refractivity contribution in [2.45, 2.75) is 19.5 Å². The molecule has 0 bridgehead atoms. The maximum atomic E-state index is 6.26. The van der Waals surface area contributed by atoms with Crippen molar-refractivity contribution in [1.82, 2.24) is 15.2 Å². The van der Waals surface area contributed by atoms with Gasteiger partial charge in [-0.15, -0.1) is 0 Å². The first-order valence-corrected chi connectivity index (χ1v) is 7.26. The SMILES string of the molecule is CCn1ncc(Br)c1C(NN)c1cccc(Cl)c1Cl. The average Bonchev–Trinajstić information content (AvgIpc) is 2.77. The molecule has 0 amide bonds. The van der Waals surface area contributed by atoms with E-state index < -0.39 is 0 Å². The molecule has 7 heteroatoms. The molecule has 1 aromatic heterocycles. The average molecular weight is 364 g/mol. The number of hydrazine groups is 1. The summed E-state index contributed by atoms with van der Waals surface area (Å²) in [7, 11) is 0. The van der Waals surface area contributed by atoms with Crippen molar-refractivity contribution in [2.24, 2.45) is 5.84 Å². The van der Waals surface area contributed by atoms with Gasteiger partial charge in [-0.2, -0.15) is 5.10 Å². The topological polar surface area (TPSA) is 55.9 Å². The lowest BCUT2D eigenvalue weighted by Gasteiger charge is -2.20. The molecule has 1 unspecified atom stereocenters. The quantitative estimate of drug-likeness (QED) is 0.645. The van der Waals surface area contributed by atoms with E-state index in [9.17, 15) is 0 Å². The largest absolute Gasteiger partial charge is 0.271 e. The molecule has 1 aromatic carbocycles. The highest BCUT2D eigenvalue weighted by Gasteiger charge is 2.23. The van der Waals surface area contributed by atoms with Gasteiger partial charge in [0.15, 0.2) is 0 Å². The third-order valence-corrected chi connectivity index (χ3v) is 4.31. The standard InChI is InChI=1S/C12H13BrCl2N4/c1-2-19-12(8(13)6-17-19)11(18-16)7-4-3-5-9(14)10(7)15/h3-6,11,18H,2,16H2,1H3. The summed E-state index contributed by atoms with van der Waals surface area (Å²) in [6.07, 6.45) is 1.74. The molecule has 0 aliphatic rings. The minimum Gasteiger partial charge on any atom is -0.271 e. The Balaban J connectivity index is 2.56. The number of nitrogens with two attached hydrogens (primary N) is 1. The van der Waals surface area contributed by atoms with Gasteiger partial charge in [0.25, 0.3) is 0 Å². The molecule has 2 rings (SSSR count). The Morgan fingerprint density at radius 3 is 2.84 bits per heavy atom. The van der Waals surface area contributed by atoms with Crippen molar-refractivity contribution >= 4 is 39.1 Å². The van der Waals surface area contributed by atoms with Crippen molar-refractivity contribution in [1.29, 1.82) is 0 Å². The molecule has 0 saturated carbocycles. The van der Waals surface area contributed by atoms with Crippen molar-refractivity contribution in [2.75, 3.05) is 0 Å². The van der Waals surface area contributed by atoms with Crippen molar-refractivity contribution in [3.8, 4) is 0 Å². The van der Waals surface area contributed by atoms with Crippen LogP contribution < -0.4 is 11.3 Å². The smallest absolute Gasteiger partial charge is 0.0904 e. The van der Waals surface area contributed by atoms with Crippen LogP contribution in [-0.2, 0) is 6.54 Å². The lowest BCUT2D eigenvalue weighted by Crippen LogP contribution is -2.31. The Morgan fingerprint density at radius 1 is 1.47 bits per heavy atom. The Bertz CT molecular complexity index is 585. The summed E-state index contributed by atoms with van der Waals surface area (Å²) >= 11 is 15.8. The first-order valence-electron chi connectivity index (χ1n) is 5.71. The van der Waals surface area contributed by atoms with Crippen LogP contribution in [0.2, 0.25) is 10.0 Å². The highest BCUT2D eigenvalue weighted by molar-refractivity contribution is 9.10. The maximum Gasteiger partial charge on any atom is 0.0904 e. The van der Waals surface area contributed by atoms with Crippen LogP contribution in [-0.4, -0.2) is 9.78 Å². The Hall–Kier alpha value is -0.590. The van der Waals surface area contributed by atoms with Crippen LogP contribution >= 0.6 is 39.1 Å². The van der Waals surface area contributed by atoms with E-state index in [2.05, 4.69) is 26.5 Å². The minimum atomic E-state index is -0.289. The third-order valence-electron chi connectivity index (χ3n) is 2.87. The number of nitrogens with zero attached hydrogens (tertiary/aromatic N) is 2. The van der Waals surface area contributed by atoms with Gasteiger partial charge < -0.3 is 0 Å². The normalized spacial score (nSPS) is 12.7. The number of hydrogen-bond acceptors (Lipinski definition) is 3. The fraction of sp³-hybridized carbons (Fsp3) is 0.250. The zero-order chi connectivity index (χ0) is 14.0. The highest BCUT2D eigenvalue weighted by Crippen LogP contribution is 2.35. The molecule has 1 heterocycles. The molecule has 19 heavy (non-hydrogen) atoms. The molecule has 0 spiro atoms. The van der Waals surface area contributed by atoms with E-state index in [0.717, 1.165) is 22.3 Å². The van der Waals surface area contributed by atoms with Crippen LogP contribution in [0.4, 0.5) is 0 Å². The van der Waals surface area contributed by atoms with E-state index in [4.69, 9.17) is 29.0 Å². The van der Waals surface area contributed by atoms with E-state index in [0.29, 0.717) is 10.0 Å². The number of benzene rings is 1. The second-order valence-corrected chi connectivity index (χ2v) is 5.58. The molecule has 0 aliphatic carbocycles. The number of aryl methyl sites for hydroxylation is 1. The molecule has 102 valence electrons. The minimum absolute atomic E-state index is 0.289. The molecule has 0 radical (unpaired) electrons. The molecule has 0 fully saturated rings. The Labute approximate surface area is 130 Å². The number of nitrogens with one attached hydrogen (secondary N) is 1. The molecule has 2 aromatic rings. The van der Waals surface area contributed by atoms with Crippen molar-refractivity contribution in [3.63, 3.8) is 0 Å². The zero-order valence-electron chi connectivity index (χ0n) is 10.2. The van der Waals surface area contributed by atoms with E-state index in [1.807, 2.05) is 23.7 Å². The van der Waals surface area contributed by atoms with Gasteiger partial charge in [0.2, 0.25) is 0 Å². The first-order chi connectivity index (χ1) is 9.10. The van der Waals surface area contributed by atoms with E-state index in [1.165, 1.54) is 0 Å². The number of hydrogen-bond donors (Lipinski definition) is 2. The van der Waals surface area contributed by atoms with Crippen LogP contribution in [0.5, 0.6) is 0 Å². The van der Waals surface area contributed by atoms with Crippen LogP contribution in [0.3, 0.4) is 0 Å². The fourth-order valence-electron chi connectivity index (χ4n) is 1.97. The highest BCUT2D eigenvalue weighted by atomic mass is 79.9. The first kappa shape index (κ1) is 14.8. The third kappa shape index (κ3) is 2.80. The summed E-state index contributed by atoms with van der Waals surface area (Å²) < 4.78 is 2.72. The number of rotatable bonds is 4. The molecule has 1 atom stereocenters. The zero-order valence-corrected chi connectivity index (χ0v) is 13.3. The van der Waals surface area contributed by atoms with Crippen LogP contribution in [0.25, 0.3) is 0 Å². The second kappa shape index (κ2) is 6.24. The second-order valence-electron chi connectivity index (χ2n) is 3.94. The van der Waals surface area contributed by atoms with Crippen molar-refractivity contribution in [3.05, 3.63) is 50.2 Å². The summed E-state index contributed by atoms with van der Waals surface area (Å²) in [5.41, 5.74) is 4.49. The van der Waals surface area contributed by atoms with Gasteiger partial charge in [0, 0.05) is 6.54 Å². The summed E-state index contributed by atoms with van der Waals surface area (Å²) in [6.45, 7) is 2.74. The van der Waals surface area contributed by atoms with Gasteiger partial charge >= 0.3 is 0 Å². The lowest BCUT2D eigenvalue weighted by molar-refractivity contribution is 0.542. The van der Waals surface area contributed by atoms with E-state index in [1.54, 1.807) is 12.3 Å². The predicted octanol–water partition coefficient (Wildman–Crippen LogP) is 3.53. The molecular formula is C12H13BrCl2N4. The predicted molar refractivity (Wildman–Crippen MR) is 81.2 cm³/mol. The van der Waals surface area contributed by atoms with Crippen molar-refractivity contribution < 1.29 is 0 Å². The lowest BCUT2D eigenvalue weighted by atomic mass is 10.0. The van der Waals surface area contributed by atoms with Gasteiger partial charge in [-0.25, -0.2) is 5.43 Å². The summed E-state index contributed by atoms with van der Waals surface area (Å²) in [5, 5.41) is 5.27. The Kier molecular flexibility index (Phi) is 4.86. The van der Waals surface area contributed by atoms with Crippen LogP contribution in [0.15, 0.2) is 28.9 Å². The van der Waals surface area contributed by atoms with E-state index in [-0.39, 0.29) is 6.04 Å². The summed E-state index contributed by atoms with van der Waals surface area (Å²) in [5.74, 6) is 5.69. The molecule has 3 N–H and O–H groups in total. The number of aromatic nitrogens is 2. The Morgan fingerprint density at radius 2 is 2.21 bits per heavy atom. The van der Waals surface area contributed by atoms with Crippen LogP contribution in [0, 0.1) is 0 Å². The summed E-state index contributed by atoms with van der Waals surface area (Å²) in [6, 6.07) is 5.18. The van der Waals surface area contributed by atoms with Crippen LogP contribution in [0.1, 0.15) is 24.2 Å². The number of halogens is 3. The van der Waals surface area contributed by atoms with Gasteiger partial charge in [-0.1, -0.05) is 35.3 Å².